The lowest BCUT2D eigenvalue weighted by Crippen LogP contribution is -2.43. The SMILES string of the molecule is COc1cc2c(c(OC)c1OC)-c1ccc(N[C@@H](CCSC)C(=O)NCC3CCOCC3)c(=O)cc1[C@H](NC(C)=O)CC2. The molecule has 10 nitrogen and oxygen atoms in total. The molecule has 1 saturated heterocycles. The second-order valence-corrected chi connectivity index (χ2v) is 11.9. The number of benzene rings is 1. The van der Waals surface area contributed by atoms with Crippen LogP contribution in [-0.2, 0) is 20.7 Å². The Balaban J connectivity index is 1.77. The van der Waals surface area contributed by atoms with Crippen LogP contribution in [0.4, 0.5) is 5.69 Å². The largest absolute Gasteiger partial charge is 0.493 e. The van der Waals surface area contributed by atoms with E-state index in [-0.39, 0.29) is 17.2 Å². The number of hydrogen-bond acceptors (Lipinski definition) is 9. The van der Waals surface area contributed by atoms with E-state index in [1.807, 2.05) is 18.4 Å². The van der Waals surface area contributed by atoms with Crippen molar-refractivity contribution in [3.8, 4) is 28.4 Å². The van der Waals surface area contributed by atoms with Crippen LogP contribution >= 0.6 is 11.8 Å². The van der Waals surface area contributed by atoms with Crippen molar-refractivity contribution in [1.82, 2.24) is 10.6 Å². The Morgan fingerprint density at radius 2 is 1.79 bits per heavy atom. The number of aryl methyl sites for hydroxylation is 1. The van der Waals surface area contributed by atoms with Crippen molar-refractivity contribution in [3.63, 3.8) is 0 Å². The standard InChI is InChI=1S/C32H43N3O7S/c1-19(36)34-24-8-6-21-16-28(39-2)30(40-3)31(41-4)29(21)22-7-9-25(27(37)17-23(22)24)35-26(12-15-43-5)32(38)33-18-20-10-13-42-14-11-20/h7,9,16-17,20,24,26H,6,8,10-15,18H2,1-5H3,(H,33,38)(H,34,36)(H,35,37)/t24-,26+/m1/s1. The van der Waals surface area contributed by atoms with Gasteiger partial charge in [-0.15, -0.1) is 0 Å². The van der Waals surface area contributed by atoms with Gasteiger partial charge >= 0.3 is 0 Å². The van der Waals surface area contributed by atoms with Crippen molar-refractivity contribution in [2.45, 2.75) is 51.1 Å². The molecule has 1 fully saturated rings. The third kappa shape index (κ3) is 7.75. The van der Waals surface area contributed by atoms with E-state index in [2.05, 4.69) is 16.0 Å². The molecule has 4 rings (SSSR count). The Morgan fingerprint density at radius 3 is 2.44 bits per heavy atom. The van der Waals surface area contributed by atoms with E-state index < -0.39 is 12.1 Å². The number of anilines is 1. The Hall–Kier alpha value is -3.44. The van der Waals surface area contributed by atoms with Crippen molar-refractivity contribution in [2.75, 3.05) is 58.4 Å². The molecule has 0 spiro atoms. The van der Waals surface area contributed by atoms with Crippen LogP contribution in [0.3, 0.4) is 0 Å². The number of amides is 2. The first-order valence-electron chi connectivity index (χ1n) is 14.7. The number of ether oxygens (including phenoxy) is 4. The van der Waals surface area contributed by atoms with Gasteiger partial charge in [0.1, 0.15) is 6.04 Å². The molecule has 0 radical (unpaired) electrons. The van der Waals surface area contributed by atoms with E-state index in [4.69, 9.17) is 18.9 Å². The maximum absolute atomic E-state index is 13.8. The summed E-state index contributed by atoms with van der Waals surface area (Å²) in [6.45, 7) is 3.48. The number of nitrogens with one attached hydrogen (secondary N) is 3. The van der Waals surface area contributed by atoms with Crippen molar-refractivity contribution < 1.29 is 28.5 Å². The van der Waals surface area contributed by atoms with Gasteiger partial charge in [0, 0.05) is 32.2 Å². The molecule has 2 aliphatic rings. The topological polar surface area (TPSA) is 124 Å². The van der Waals surface area contributed by atoms with E-state index in [9.17, 15) is 14.4 Å². The van der Waals surface area contributed by atoms with Crippen LogP contribution in [0, 0.1) is 5.92 Å². The van der Waals surface area contributed by atoms with Gasteiger partial charge < -0.3 is 34.9 Å². The smallest absolute Gasteiger partial charge is 0.242 e. The average molecular weight is 614 g/mol. The third-order valence-corrected chi connectivity index (χ3v) is 8.72. The number of methoxy groups -OCH3 is 3. The van der Waals surface area contributed by atoms with Crippen LogP contribution in [-0.4, -0.2) is 71.0 Å². The summed E-state index contributed by atoms with van der Waals surface area (Å²) in [5, 5.41) is 9.37. The molecule has 2 aromatic carbocycles. The number of thioether (sulfide) groups is 1. The first kappa shape index (κ1) is 32.5. The molecular weight excluding hydrogens is 570 g/mol. The minimum absolute atomic E-state index is 0.131. The van der Waals surface area contributed by atoms with Gasteiger partial charge in [-0.3, -0.25) is 14.4 Å². The molecule has 11 heteroatoms. The Bertz CT molecular complexity index is 1360. The zero-order valence-electron chi connectivity index (χ0n) is 25.7. The average Bonchev–Trinajstić information content (AvgIpc) is 3.25. The van der Waals surface area contributed by atoms with Gasteiger partial charge in [0.2, 0.25) is 23.0 Å². The fraction of sp³-hybridized carbons (Fsp3) is 0.531. The van der Waals surface area contributed by atoms with E-state index in [1.165, 1.54) is 6.92 Å². The van der Waals surface area contributed by atoms with Crippen molar-refractivity contribution in [2.24, 2.45) is 5.92 Å². The fourth-order valence-electron chi connectivity index (χ4n) is 5.84. The maximum atomic E-state index is 13.8. The van der Waals surface area contributed by atoms with Gasteiger partial charge in [0.05, 0.1) is 33.1 Å². The third-order valence-electron chi connectivity index (χ3n) is 8.08. The van der Waals surface area contributed by atoms with Gasteiger partial charge in [-0.2, -0.15) is 11.8 Å². The minimum Gasteiger partial charge on any atom is -0.493 e. The molecule has 0 unspecified atom stereocenters. The van der Waals surface area contributed by atoms with Crippen LogP contribution in [0.15, 0.2) is 29.1 Å². The van der Waals surface area contributed by atoms with Crippen LogP contribution < -0.4 is 35.6 Å². The quantitative estimate of drug-likeness (QED) is 0.327. The van der Waals surface area contributed by atoms with E-state index >= 15 is 0 Å². The highest BCUT2D eigenvalue weighted by Gasteiger charge is 2.30. The molecule has 0 bridgehead atoms. The normalized spacial score (nSPS) is 17.0. The van der Waals surface area contributed by atoms with Crippen molar-refractivity contribution in [3.05, 3.63) is 45.6 Å². The lowest BCUT2D eigenvalue weighted by molar-refractivity contribution is -0.122. The van der Waals surface area contributed by atoms with E-state index in [1.54, 1.807) is 45.2 Å². The molecule has 2 amide bonds. The number of hydrogen-bond donors (Lipinski definition) is 3. The maximum Gasteiger partial charge on any atom is 0.242 e. The molecule has 1 aliphatic heterocycles. The molecule has 2 aromatic rings. The van der Waals surface area contributed by atoms with Gasteiger partial charge in [0.25, 0.3) is 0 Å². The fourth-order valence-corrected chi connectivity index (χ4v) is 6.31. The molecule has 43 heavy (non-hydrogen) atoms. The number of carbonyl (C=O) groups excluding carboxylic acids is 2. The summed E-state index contributed by atoms with van der Waals surface area (Å²) in [7, 11) is 4.69. The zero-order chi connectivity index (χ0) is 30.9. The van der Waals surface area contributed by atoms with Crippen LogP contribution in [0.2, 0.25) is 0 Å². The summed E-state index contributed by atoms with van der Waals surface area (Å²) in [6.07, 6.45) is 5.57. The summed E-state index contributed by atoms with van der Waals surface area (Å²) in [5.74, 6) is 2.28. The van der Waals surface area contributed by atoms with Gasteiger partial charge in [-0.25, -0.2) is 0 Å². The van der Waals surface area contributed by atoms with Crippen LogP contribution in [0.25, 0.3) is 11.1 Å². The molecule has 3 N–H and O–H groups in total. The number of carbonyl (C=O) groups is 2. The number of fused-ring (bicyclic) bond motifs is 3. The number of rotatable bonds is 12. The summed E-state index contributed by atoms with van der Waals surface area (Å²) < 4.78 is 22.6. The minimum atomic E-state index is -0.584. The summed E-state index contributed by atoms with van der Waals surface area (Å²) in [4.78, 5) is 39.3. The Labute approximate surface area is 257 Å². The summed E-state index contributed by atoms with van der Waals surface area (Å²) in [5.41, 5.74) is 3.16. The molecule has 0 aromatic heterocycles. The monoisotopic (exact) mass is 613 g/mol. The highest BCUT2D eigenvalue weighted by molar-refractivity contribution is 7.98. The lowest BCUT2D eigenvalue weighted by atomic mass is 9.95. The van der Waals surface area contributed by atoms with Crippen molar-refractivity contribution >= 4 is 29.3 Å². The van der Waals surface area contributed by atoms with Crippen LogP contribution in [0.1, 0.15) is 49.8 Å². The molecule has 1 aliphatic carbocycles. The van der Waals surface area contributed by atoms with Gasteiger partial charge in [-0.1, -0.05) is 6.07 Å². The molecule has 0 saturated carbocycles. The highest BCUT2D eigenvalue weighted by atomic mass is 32.2. The summed E-state index contributed by atoms with van der Waals surface area (Å²) >= 11 is 1.65. The highest BCUT2D eigenvalue weighted by Crippen LogP contribution is 2.50. The van der Waals surface area contributed by atoms with E-state index in [0.29, 0.717) is 73.4 Å². The van der Waals surface area contributed by atoms with Gasteiger partial charge in [-0.05, 0) is 84.9 Å². The lowest BCUT2D eigenvalue weighted by Gasteiger charge is -2.24. The Kier molecular flexibility index (Phi) is 11.6. The molecule has 1 heterocycles. The second-order valence-electron chi connectivity index (χ2n) is 10.9. The van der Waals surface area contributed by atoms with Crippen molar-refractivity contribution in [1.29, 1.82) is 0 Å². The first-order chi connectivity index (χ1) is 20.8. The Morgan fingerprint density at radius 1 is 1.05 bits per heavy atom. The van der Waals surface area contributed by atoms with Gasteiger partial charge in [0.15, 0.2) is 11.5 Å². The second kappa shape index (κ2) is 15.3. The molecule has 234 valence electrons. The van der Waals surface area contributed by atoms with Crippen LogP contribution in [0.5, 0.6) is 17.2 Å². The first-order valence-corrected chi connectivity index (χ1v) is 16.1. The zero-order valence-corrected chi connectivity index (χ0v) is 26.5. The summed E-state index contributed by atoms with van der Waals surface area (Å²) in [6, 6.07) is 6.06. The molecule has 2 atom stereocenters. The predicted octanol–water partition coefficient (Wildman–Crippen LogP) is 3.94. The van der Waals surface area contributed by atoms with E-state index in [0.717, 1.165) is 35.3 Å². The molecular formula is C32H43N3O7S. The predicted molar refractivity (Wildman–Crippen MR) is 170 cm³/mol.